The number of carboxylic acids is 1. The van der Waals surface area contributed by atoms with Gasteiger partial charge in [0, 0.05) is 22.8 Å². The largest absolute Gasteiger partial charge is 0.494 e. The number of halogens is 1. The van der Waals surface area contributed by atoms with Gasteiger partial charge in [0.25, 0.3) is 0 Å². The first kappa shape index (κ1) is 17.9. The lowest BCUT2D eigenvalue weighted by atomic mass is 9.99. The SMILES string of the molecule is CCOc1ccc(Br)cc1C(c1ccccn1)N1CCCC1C(=O)O. The highest BCUT2D eigenvalue weighted by atomic mass is 79.9. The molecular formula is C19H21BrN2O3. The fraction of sp³-hybridized carbons (Fsp3) is 0.368. The van der Waals surface area contributed by atoms with Crippen molar-refractivity contribution >= 4 is 21.9 Å². The molecule has 2 unspecified atom stereocenters. The highest BCUT2D eigenvalue weighted by Crippen LogP contribution is 2.39. The van der Waals surface area contributed by atoms with E-state index in [0.717, 1.165) is 34.4 Å². The van der Waals surface area contributed by atoms with E-state index in [2.05, 4.69) is 20.9 Å². The van der Waals surface area contributed by atoms with Gasteiger partial charge in [-0.15, -0.1) is 0 Å². The van der Waals surface area contributed by atoms with E-state index in [1.165, 1.54) is 0 Å². The van der Waals surface area contributed by atoms with Crippen LogP contribution in [0.25, 0.3) is 0 Å². The van der Waals surface area contributed by atoms with Crippen molar-refractivity contribution in [3.63, 3.8) is 0 Å². The smallest absolute Gasteiger partial charge is 0.320 e. The van der Waals surface area contributed by atoms with Gasteiger partial charge >= 0.3 is 5.97 Å². The number of ether oxygens (including phenoxy) is 1. The number of carboxylic acid groups (broad SMARTS) is 1. The number of aliphatic carboxylic acids is 1. The molecule has 0 saturated carbocycles. The van der Waals surface area contributed by atoms with E-state index < -0.39 is 12.0 Å². The molecule has 132 valence electrons. The molecule has 2 atom stereocenters. The second-order valence-electron chi connectivity index (χ2n) is 6.01. The van der Waals surface area contributed by atoms with Crippen LogP contribution in [0.2, 0.25) is 0 Å². The number of pyridine rings is 1. The minimum absolute atomic E-state index is 0.260. The number of benzene rings is 1. The van der Waals surface area contributed by atoms with Crippen molar-refractivity contribution in [1.29, 1.82) is 0 Å². The van der Waals surface area contributed by atoms with Crippen LogP contribution in [0.4, 0.5) is 0 Å². The van der Waals surface area contributed by atoms with Crippen molar-refractivity contribution in [2.45, 2.75) is 31.8 Å². The second-order valence-corrected chi connectivity index (χ2v) is 6.92. The zero-order valence-electron chi connectivity index (χ0n) is 14.1. The molecule has 0 amide bonds. The van der Waals surface area contributed by atoms with Crippen LogP contribution in [-0.2, 0) is 4.79 Å². The second kappa shape index (κ2) is 7.97. The number of likely N-dealkylation sites (tertiary alicyclic amines) is 1. The van der Waals surface area contributed by atoms with Crippen LogP contribution in [-0.4, -0.2) is 40.2 Å². The van der Waals surface area contributed by atoms with Gasteiger partial charge in [0.2, 0.25) is 0 Å². The summed E-state index contributed by atoms with van der Waals surface area (Å²) >= 11 is 3.53. The summed E-state index contributed by atoms with van der Waals surface area (Å²) in [7, 11) is 0. The predicted octanol–water partition coefficient (Wildman–Crippen LogP) is 3.88. The third kappa shape index (κ3) is 3.85. The first-order valence-corrected chi connectivity index (χ1v) is 9.23. The summed E-state index contributed by atoms with van der Waals surface area (Å²) in [5.41, 5.74) is 1.76. The highest BCUT2D eigenvalue weighted by molar-refractivity contribution is 9.10. The van der Waals surface area contributed by atoms with Crippen LogP contribution in [0.5, 0.6) is 5.75 Å². The van der Waals surface area contributed by atoms with Crippen LogP contribution >= 0.6 is 15.9 Å². The van der Waals surface area contributed by atoms with E-state index in [-0.39, 0.29) is 6.04 Å². The Balaban J connectivity index is 2.12. The normalized spacial score (nSPS) is 18.9. The molecular weight excluding hydrogens is 384 g/mol. The van der Waals surface area contributed by atoms with Crippen molar-refractivity contribution in [2.75, 3.05) is 13.2 Å². The van der Waals surface area contributed by atoms with Gasteiger partial charge in [-0.3, -0.25) is 14.7 Å². The van der Waals surface area contributed by atoms with E-state index in [1.807, 2.05) is 48.2 Å². The van der Waals surface area contributed by atoms with Crippen LogP contribution in [0, 0.1) is 0 Å². The van der Waals surface area contributed by atoms with Crippen molar-refractivity contribution in [1.82, 2.24) is 9.88 Å². The molecule has 6 heteroatoms. The van der Waals surface area contributed by atoms with Crippen molar-refractivity contribution in [2.24, 2.45) is 0 Å². The molecule has 2 aromatic rings. The Morgan fingerprint density at radius 3 is 2.96 bits per heavy atom. The number of hydrogen-bond acceptors (Lipinski definition) is 4. The first-order valence-electron chi connectivity index (χ1n) is 8.43. The number of aromatic nitrogens is 1. The number of hydrogen-bond donors (Lipinski definition) is 1. The molecule has 0 bridgehead atoms. The maximum absolute atomic E-state index is 11.8. The van der Waals surface area contributed by atoms with E-state index in [1.54, 1.807) is 6.20 Å². The van der Waals surface area contributed by atoms with Gasteiger partial charge in [0.05, 0.1) is 18.3 Å². The van der Waals surface area contributed by atoms with Gasteiger partial charge in [-0.05, 0) is 50.1 Å². The molecule has 1 saturated heterocycles. The van der Waals surface area contributed by atoms with Crippen LogP contribution in [0.3, 0.4) is 0 Å². The van der Waals surface area contributed by atoms with Crippen molar-refractivity contribution < 1.29 is 14.6 Å². The number of nitrogens with zero attached hydrogens (tertiary/aromatic N) is 2. The minimum Gasteiger partial charge on any atom is -0.494 e. The summed E-state index contributed by atoms with van der Waals surface area (Å²) in [6.45, 7) is 3.21. The molecule has 0 aliphatic carbocycles. The fourth-order valence-electron chi connectivity index (χ4n) is 3.43. The third-order valence-electron chi connectivity index (χ3n) is 4.45. The standard InChI is InChI=1S/C19H21BrN2O3/c1-2-25-17-9-8-13(20)12-14(17)18(15-6-3-4-10-21-15)22-11-5-7-16(22)19(23)24/h3-4,6,8-10,12,16,18H,2,5,7,11H2,1H3,(H,23,24). The van der Waals surface area contributed by atoms with E-state index in [9.17, 15) is 9.90 Å². The average molecular weight is 405 g/mol. The Bertz CT molecular complexity index is 739. The Kier molecular flexibility index (Phi) is 5.71. The molecule has 1 aromatic heterocycles. The van der Waals surface area contributed by atoms with Crippen molar-refractivity contribution in [3.8, 4) is 5.75 Å². The topological polar surface area (TPSA) is 62.7 Å². The minimum atomic E-state index is -0.786. The van der Waals surface area contributed by atoms with Crippen LogP contribution in [0.15, 0.2) is 47.1 Å². The number of carbonyl (C=O) groups is 1. The Labute approximate surface area is 155 Å². The van der Waals surface area contributed by atoms with Gasteiger partial charge in [-0.25, -0.2) is 0 Å². The molecule has 1 N–H and O–H groups in total. The third-order valence-corrected chi connectivity index (χ3v) is 4.94. The Hall–Kier alpha value is -1.92. The van der Waals surface area contributed by atoms with Crippen LogP contribution in [0.1, 0.15) is 37.1 Å². The predicted molar refractivity (Wildman–Crippen MR) is 98.8 cm³/mol. The quantitative estimate of drug-likeness (QED) is 0.791. The lowest BCUT2D eigenvalue weighted by Gasteiger charge is -2.32. The van der Waals surface area contributed by atoms with Gasteiger partial charge in [-0.1, -0.05) is 22.0 Å². The molecule has 3 rings (SSSR count). The monoisotopic (exact) mass is 404 g/mol. The van der Waals surface area contributed by atoms with E-state index in [4.69, 9.17) is 4.74 Å². The molecule has 5 nitrogen and oxygen atoms in total. The fourth-order valence-corrected chi connectivity index (χ4v) is 3.81. The zero-order valence-corrected chi connectivity index (χ0v) is 15.6. The average Bonchev–Trinajstić information content (AvgIpc) is 3.08. The first-order chi connectivity index (χ1) is 12.1. The summed E-state index contributed by atoms with van der Waals surface area (Å²) in [5.74, 6) is -0.0243. The molecule has 25 heavy (non-hydrogen) atoms. The van der Waals surface area contributed by atoms with Gasteiger partial charge in [-0.2, -0.15) is 0 Å². The summed E-state index contributed by atoms with van der Waals surface area (Å²) < 4.78 is 6.76. The molecule has 1 fully saturated rings. The maximum atomic E-state index is 11.8. The van der Waals surface area contributed by atoms with Gasteiger partial charge < -0.3 is 9.84 Å². The van der Waals surface area contributed by atoms with Crippen molar-refractivity contribution in [3.05, 3.63) is 58.3 Å². The van der Waals surface area contributed by atoms with E-state index >= 15 is 0 Å². The molecule has 2 heterocycles. The van der Waals surface area contributed by atoms with E-state index in [0.29, 0.717) is 13.0 Å². The van der Waals surface area contributed by atoms with Gasteiger partial charge in [0.1, 0.15) is 11.8 Å². The summed E-state index contributed by atoms with van der Waals surface area (Å²) in [4.78, 5) is 18.3. The highest BCUT2D eigenvalue weighted by Gasteiger charge is 2.38. The Morgan fingerprint density at radius 1 is 1.44 bits per heavy atom. The summed E-state index contributed by atoms with van der Waals surface area (Å²) in [6.07, 6.45) is 3.25. The molecule has 1 aromatic carbocycles. The molecule has 0 radical (unpaired) electrons. The number of rotatable bonds is 6. The molecule has 0 spiro atoms. The molecule has 1 aliphatic rings. The lowest BCUT2D eigenvalue weighted by molar-refractivity contribution is -0.142. The Morgan fingerprint density at radius 2 is 2.28 bits per heavy atom. The van der Waals surface area contributed by atoms with Crippen LogP contribution < -0.4 is 4.74 Å². The lowest BCUT2D eigenvalue weighted by Crippen LogP contribution is -2.39. The summed E-state index contributed by atoms with van der Waals surface area (Å²) in [6, 6.07) is 10.8. The summed E-state index contributed by atoms with van der Waals surface area (Å²) in [5, 5.41) is 9.65. The maximum Gasteiger partial charge on any atom is 0.320 e. The molecule has 1 aliphatic heterocycles. The zero-order chi connectivity index (χ0) is 17.8. The van der Waals surface area contributed by atoms with Gasteiger partial charge in [0.15, 0.2) is 0 Å².